The number of rotatable bonds is 7. The van der Waals surface area contributed by atoms with Gasteiger partial charge in [-0.05, 0) is 24.3 Å². The summed E-state index contributed by atoms with van der Waals surface area (Å²) in [5.41, 5.74) is 0. The lowest BCUT2D eigenvalue weighted by atomic mass is 10.2. The molecule has 1 atom stereocenters. The van der Waals surface area contributed by atoms with Crippen molar-refractivity contribution in [2.75, 3.05) is 6.61 Å². The molecule has 0 amide bonds. The van der Waals surface area contributed by atoms with Crippen molar-refractivity contribution in [1.29, 1.82) is 0 Å². The van der Waals surface area contributed by atoms with Crippen LogP contribution in [0.1, 0.15) is 31.5 Å². The molecule has 0 N–H and O–H groups in total. The highest BCUT2D eigenvalue weighted by molar-refractivity contribution is 7.98. The summed E-state index contributed by atoms with van der Waals surface area (Å²) in [5.74, 6) is 2.83. The van der Waals surface area contributed by atoms with Crippen LogP contribution in [-0.4, -0.2) is 37.6 Å². The molecule has 1 unspecified atom stereocenters. The summed E-state index contributed by atoms with van der Waals surface area (Å²) in [6.45, 7) is 3.62. The molecule has 4 heterocycles. The summed E-state index contributed by atoms with van der Waals surface area (Å²) in [7, 11) is 0. The minimum atomic E-state index is 0.226. The average Bonchev–Trinajstić information content (AvgIpc) is 3.41. The number of thioether (sulfide) groups is 1. The van der Waals surface area contributed by atoms with Gasteiger partial charge in [-0.15, -0.1) is 21.5 Å². The Bertz CT molecular complexity index is 808. The van der Waals surface area contributed by atoms with E-state index < -0.39 is 0 Å². The quantitative estimate of drug-likeness (QED) is 0.584. The van der Waals surface area contributed by atoms with Crippen LogP contribution in [0.25, 0.3) is 10.7 Å². The molecule has 25 heavy (non-hydrogen) atoms. The van der Waals surface area contributed by atoms with Crippen molar-refractivity contribution in [1.82, 2.24) is 24.9 Å². The Balaban J connectivity index is 1.55. The van der Waals surface area contributed by atoms with Gasteiger partial charge in [-0.2, -0.15) is 4.98 Å². The molecule has 9 heteroatoms. The summed E-state index contributed by atoms with van der Waals surface area (Å²) in [4.78, 5) is 5.47. The molecule has 1 aliphatic heterocycles. The molecule has 1 aliphatic rings. The maximum atomic E-state index is 5.81. The predicted molar refractivity (Wildman–Crippen MR) is 95.5 cm³/mol. The van der Waals surface area contributed by atoms with E-state index in [0.29, 0.717) is 11.6 Å². The third-order valence-electron chi connectivity index (χ3n) is 4.02. The zero-order chi connectivity index (χ0) is 17.1. The van der Waals surface area contributed by atoms with Gasteiger partial charge < -0.3 is 9.26 Å². The largest absolute Gasteiger partial charge is 0.376 e. The zero-order valence-corrected chi connectivity index (χ0v) is 15.6. The van der Waals surface area contributed by atoms with Crippen molar-refractivity contribution in [3.63, 3.8) is 0 Å². The zero-order valence-electron chi connectivity index (χ0n) is 13.9. The third kappa shape index (κ3) is 3.78. The van der Waals surface area contributed by atoms with Crippen LogP contribution in [0.3, 0.4) is 0 Å². The van der Waals surface area contributed by atoms with E-state index in [0.717, 1.165) is 54.1 Å². The van der Waals surface area contributed by atoms with Crippen LogP contribution in [0.2, 0.25) is 0 Å². The molecular weight excluding hydrogens is 358 g/mol. The fraction of sp³-hybridized carbons (Fsp3) is 0.500. The molecule has 4 rings (SSSR count). The van der Waals surface area contributed by atoms with Crippen LogP contribution in [-0.2, 0) is 23.5 Å². The second-order valence-corrected chi connectivity index (χ2v) is 7.67. The van der Waals surface area contributed by atoms with Crippen molar-refractivity contribution in [2.45, 2.75) is 49.7 Å². The standard InChI is InChI=1S/C16H19N5O2S2/c1-2-13-17-14(23-20-13)10-25-16-19-18-15(12-6-4-8-24-12)21(16)9-11-5-3-7-22-11/h4,6,8,11H,2-3,5,7,9-10H2,1H3. The van der Waals surface area contributed by atoms with Crippen LogP contribution >= 0.6 is 23.1 Å². The molecule has 0 aliphatic carbocycles. The first-order valence-electron chi connectivity index (χ1n) is 8.36. The molecule has 0 aromatic carbocycles. The van der Waals surface area contributed by atoms with E-state index in [-0.39, 0.29) is 6.10 Å². The highest BCUT2D eigenvalue weighted by Gasteiger charge is 2.22. The van der Waals surface area contributed by atoms with E-state index in [1.54, 1.807) is 23.1 Å². The summed E-state index contributed by atoms with van der Waals surface area (Å²) in [6, 6.07) is 4.10. The first-order chi connectivity index (χ1) is 12.3. The van der Waals surface area contributed by atoms with E-state index in [1.807, 2.05) is 13.0 Å². The third-order valence-corrected chi connectivity index (χ3v) is 5.84. The molecule has 3 aromatic heterocycles. The Morgan fingerprint density at radius 1 is 1.40 bits per heavy atom. The van der Waals surface area contributed by atoms with Crippen LogP contribution in [0.5, 0.6) is 0 Å². The Kier molecular flexibility index (Phi) is 5.14. The highest BCUT2D eigenvalue weighted by atomic mass is 32.2. The molecule has 0 bridgehead atoms. The van der Waals surface area contributed by atoms with Crippen molar-refractivity contribution >= 4 is 23.1 Å². The number of ether oxygens (including phenoxy) is 1. The number of aryl methyl sites for hydroxylation is 1. The van der Waals surface area contributed by atoms with Crippen LogP contribution in [0.15, 0.2) is 27.2 Å². The summed E-state index contributed by atoms with van der Waals surface area (Å²) in [5, 5.41) is 15.7. The average molecular weight is 377 g/mol. The number of thiophene rings is 1. The second kappa shape index (κ2) is 7.67. The maximum absolute atomic E-state index is 5.81. The smallest absolute Gasteiger partial charge is 0.237 e. The SMILES string of the molecule is CCc1noc(CSc2nnc(-c3cccs3)n2CC2CCCO2)n1. The molecule has 0 saturated carbocycles. The van der Waals surface area contributed by atoms with Gasteiger partial charge in [0.1, 0.15) is 0 Å². The Morgan fingerprint density at radius 3 is 3.08 bits per heavy atom. The van der Waals surface area contributed by atoms with Gasteiger partial charge >= 0.3 is 0 Å². The van der Waals surface area contributed by atoms with Crippen molar-refractivity contribution in [3.05, 3.63) is 29.2 Å². The summed E-state index contributed by atoms with van der Waals surface area (Å²) >= 11 is 3.24. The maximum Gasteiger partial charge on any atom is 0.237 e. The lowest BCUT2D eigenvalue weighted by molar-refractivity contribution is 0.0953. The second-order valence-electron chi connectivity index (χ2n) is 5.78. The van der Waals surface area contributed by atoms with Gasteiger partial charge in [0.15, 0.2) is 16.8 Å². The minimum Gasteiger partial charge on any atom is -0.376 e. The molecule has 7 nitrogen and oxygen atoms in total. The Labute approximate surface area is 153 Å². The summed E-state index contributed by atoms with van der Waals surface area (Å²) < 4.78 is 13.2. The van der Waals surface area contributed by atoms with Gasteiger partial charge in [0.25, 0.3) is 0 Å². The van der Waals surface area contributed by atoms with Crippen molar-refractivity contribution in [3.8, 4) is 10.7 Å². The minimum absolute atomic E-state index is 0.226. The van der Waals surface area contributed by atoms with Gasteiger partial charge in [-0.1, -0.05) is 29.9 Å². The van der Waals surface area contributed by atoms with Crippen LogP contribution < -0.4 is 0 Å². The number of nitrogens with zero attached hydrogens (tertiary/aromatic N) is 5. The first kappa shape index (κ1) is 16.7. The van der Waals surface area contributed by atoms with Crippen molar-refractivity contribution in [2.24, 2.45) is 0 Å². The topological polar surface area (TPSA) is 78.9 Å². The van der Waals surface area contributed by atoms with Gasteiger partial charge in [-0.25, -0.2) is 0 Å². The van der Waals surface area contributed by atoms with Crippen molar-refractivity contribution < 1.29 is 9.26 Å². The Hall–Kier alpha value is -1.71. The van der Waals surface area contributed by atoms with Crippen LogP contribution in [0.4, 0.5) is 0 Å². The number of aromatic nitrogens is 5. The molecule has 3 aromatic rings. The first-order valence-corrected chi connectivity index (χ1v) is 10.2. The van der Waals surface area contributed by atoms with E-state index >= 15 is 0 Å². The molecule has 1 fully saturated rings. The van der Waals surface area contributed by atoms with E-state index in [1.165, 1.54) is 0 Å². The van der Waals surface area contributed by atoms with Crippen LogP contribution in [0, 0.1) is 0 Å². The van der Waals surface area contributed by atoms with Gasteiger partial charge in [0.05, 0.1) is 23.3 Å². The number of hydrogen-bond acceptors (Lipinski definition) is 8. The molecule has 132 valence electrons. The van der Waals surface area contributed by atoms with E-state index in [2.05, 4.69) is 36.4 Å². The normalized spacial score (nSPS) is 17.4. The summed E-state index contributed by atoms with van der Waals surface area (Å²) in [6.07, 6.45) is 3.19. The lowest BCUT2D eigenvalue weighted by Gasteiger charge is -2.13. The fourth-order valence-corrected chi connectivity index (χ4v) is 4.26. The van der Waals surface area contributed by atoms with Gasteiger partial charge in [0, 0.05) is 13.0 Å². The van der Waals surface area contributed by atoms with Gasteiger partial charge in [-0.3, -0.25) is 4.57 Å². The lowest BCUT2D eigenvalue weighted by Crippen LogP contribution is -2.16. The monoisotopic (exact) mass is 377 g/mol. The fourth-order valence-electron chi connectivity index (χ4n) is 2.76. The Morgan fingerprint density at radius 2 is 2.36 bits per heavy atom. The predicted octanol–water partition coefficient (Wildman–Crippen LogP) is 3.42. The van der Waals surface area contributed by atoms with E-state index in [4.69, 9.17) is 9.26 Å². The molecule has 0 radical (unpaired) electrons. The van der Waals surface area contributed by atoms with Gasteiger partial charge in [0.2, 0.25) is 5.89 Å². The number of hydrogen-bond donors (Lipinski definition) is 0. The molecule has 0 spiro atoms. The molecule has 1 saturated heterocycles. The van der Waals surface area contributed by atoms with E-state index in [9.17, 15) is 0 Å². The molecular formula is C16H19N5O2S2. The highest BCUT2D eigenvalue weighted by Crippen LogP contribution is 2.30.